The molecule has 24 heavy (non-hydrogen) atoms. The number of aromatic nitrogens is 1. The van der Waals surface area contributed by atoms with Crippen LogP contribution in [-0.4, -0.2) is 48.6 Å². The van der Waals surface area contributed by atoms with Crippen LogP contribution >= 0.6 is 35.3 Å². The third kappa shape index (κ3) is 5.21. The van der Waals surface area contributed by atoms with E-state index in [1.165, 1.54) is 32.1 Å². The first-order valence-corrected chi connectivity index (χ1v) is 9.83. The summed E-state index contributed by atoms with van der Waals surface area (Å²) in [5.41, 5.74) is 6.23. The molecule has 1 saturated carbocycles. The van der Waals surface area contributed by atoms with Crippen LogP contribution in [0.5, 0.6) is 0 Å². The van der Waals surface area contributed by atoms with Crippen LogP contribution in [0.15, 0.2) is 16.6 Å². The van der Waals surface area contributed by atoms with Crippen molar-refractivity contribution in [3.63, 3.8) is 0 Å². The van der Waals surface area contributed by atoms with Gasteiger partial charge in [-0.3, -0.25) is 4.99 Å². The van der Waals surface area contributed by atoms with E-state index in [4.69, 9.17) is 10.7 Å². The molecular weight excluding hydrogens is 433 g/mol. The molecule has 0 bridgehead atoms. The van der Waals surface area contributed by atoms with Crippen molar-refractivity contribution >= 4 is 46.4 Å². The average molecular weight is 463 g/mol. The number of anilines is 1. The summed E-state index contributed by atoms with van der Waals surface area (Å²) >= 11 is 1.70. The highest BCUT2D eigenvalue weighted by Gasteiger charge is 2.22. The molecule has 0 radical (unpaired) electrons. The monoisotopic (exact) mass is 463 g/mol. The van der Waals surface area contributed by atoms with Crippen molar-refractivity contribution in [3.05, 3.63) is 11.6 Å². The first-order valence-electron chi connectivity index (χ1n) is 8.95. The largest absolute Gasteiger partial charge is 0.370 e. The van der Waals surface area contributed by atoms with E-state index >= 15 is 0 Å². The summed E-state index contributed by atoms with van der Waals surface area (Å²) in [6, 6.07) is 0. The van der Waals surface area contributed by atoms with Crippen molar-refractivity contribution in [2.45, 2.75) is 39.0 Å². The Morgan fingerprint density at radius 3 is 2.46 bits per heavy atom. The Hall–Kier alpha value is -0.570. The number of thiazole rings is 1. The van der Waals surface area contributed by atoms with E-state index in [0.29, 0.717) is 0 Å². The van der Waals surface area contributed by atoms with E-state index in [9.17, 15) is 0 Å². The first kappa shape index (κ1) is 19.8. The summed E-state index contributed by atoms with van der Waals surface area (Å²) in [7, 11) is 0. The van der Waals surface area contributed by atoms with Crippen molar-refractivity contribution in [1.29, 1.82) is 0 Å². The lowest BCUT2D eigenvalue weighted by Gasteiger charge is -2.35. The van der Waals surface area contributed by atoms with Gasteiger partial charge in [0.25, 0.3) is 0 Å². The lowest BCUT2D eigenvalue weighted by Crippen LogP contribution is -2.51. The standard InChI is InChI=1S/C17H29N5S.HI/c1-2-14-3-5-15(6-4-14)13-20-16(18)21-8-10-22(11-9-21)17-19-7-12-23-17;/h7,12,14-15H,2-6,8-11,13H2,1H3,(H2,18,20);1H. The Balaban J connectivity index is 0.00000208. The van der Waals surface area contributed by atoms with Crippen LogP contribution in [0.25, 0.3) is 0 Å². The van der Waals surface area contributed by atoms with Crippen LogP contribution in [0.2, 0.25) is 0 Å². The molecule has 0 spiro atoms. The van der Waals surface area contributed by atoms with Crippen molar-refractivity contribution in [3.8, 4) is 0 Å². The zero-order valence-corrected chi connectivity index (χ0v) is 17.7. The molecule has 1 aliphatic carbocycles. The molecule has 2 N–H and O–H groups in total. The molecule has 2 heterocycles. The second-order valence-electron chi connectivity index (χ2n) is 6.78. The SMILES string of the molecule is CCC1CCC(CN=C(N)N2CCN(c3nccs3)CC2)CC1.I. The number of hydrogen-bond acceptors (Lipinski definition) is 4. The average Bonchev–Trinajstić information content (AvgIpc) is 3.15. The van der Waals surface area contributed by atoms with Crippen LogP contribution in [-0.2, 0) is 0 Å². The molecule has 1 aromatic rings. The molecule has 0 atom stereocenters. The van der Waals surface area contributed by atoms with Crippen LogP contribution in [0.3, 0.4) is 0 Å². The van der Waals surface area contributed by atoms with Crippen molar-refractivity contribution in [2.24, 2.45) is 22.6 Å². The van der Waals surface area contributed by atoms with Crippen LogP contribution in [0.4, 0.5) is 5.13 Å². The number of guanidine groups is 1. The van der Waals surface area contributed by atoms with E-state index in [0.717, 1.165) is 55.7 Å². The maximum absolute atomic E-state index is 6.23. The second-order valence-corrected chi connectivity index (χ2v) is 7.66. The number of halogens is 1. The quantitative estimate of drug-likeness (QED) is 0.423. The maximum atomic E-state index is 6.23. The molecule has 3 rings (SSSR count). The molecule has 1 saturated heterocycles. The minimum Gasteiger partial charge on any atom is -0.370 e. The topological polar surface area (TPSA) is 57.8 Å². The zero-order valence-electron chi connectivity index (χ0n) is 14.6. The summed E-state index contributed by atoms with van der Waals surface area (Å²) in [6.45, 7) is 7.06. The summed E-state index contributed by atoms with van der Waals surface area (Å²) in [6.07, 6.45) is 8.61. The molecular formula is C17H30IN5S. The Bertz CT molecular complexity index is 491. The van der Waals surface area contributed by atoms with Crippen molar-refractivity contribution in [2.75, 3.05) is 37.6 Å². The second kappa shape index (κ2) is 9.79. The van der Waals surface area contributed by atoms with Gasteiger partial charge in [0.1, 0.15) is 0 Å². The predicted molar refractivity (Wildman–Crippen MR) is 114 cm³/mol. The van der Waals surface area contributed by atoms with Gasteiger partial charge in [-0.25, -0.2) is 4.98 Å². The minimum atomic E-state index is 0. The molecule has 2 aliphatic rings. The van der Waals surface area contributed by atoms with Gasteiger partial charge in [-0.15, -0.1) is 35.3 Å². The highest BCUT2D eigenvalue weighted by atomic mass is 127. The normalized spacial score (nSPS) is 25.5. The summed E-state index contributed by atoms with van der Waals surface area (Å²) < 4.78 is 0. The van der Waals surface area contributed by atoms with Gasteiger partial charge in [-0.2, -0.15) is 0 Å². The van der Waals surface area contributed by atoms with Gasteiger partial charge in [0.15, 0.2) is 11.1 Å². The lowest BCUT2D eigenvalue weighted by molar-refractivity contribution is 0.273. The van der Waals surface area contributed by atoms with Gasteiger partial charge in [0.2, 0.25) is 0 Å². The number of nitrogens with zero attached hydrogens (tertiary/aromatic N) is 4. The molecule has 5 nitrogen and oxygen atoms in total. The first-order chi connectivity index (χ1) is 11.3. The Morgan fingerprint density at radius 1 is 1.21 bits per heavy atom. The number of nitrogens with two attached hydrogens (primary N) is 1. The van der Waals surface area contributed by atoms with Gasteiger partial charge in [-0.05, 0) is 24.7 Å². The maximum Gasteiger partial charge on any atom is 0.191 e. The van der Waals surface area contributed by atoms with Gasteiger partial charge in [-0.1, -0.05) is 26.2 Å². The van der Waals surface area contributed by atoms with Crippen LogP contribution in [0.1, 0.15) is 39.0 Å². The van der Waals surface area contributed by atoms with E-state index in [1.807, 2.05) is 11.6 Å². The Morgan fingerprint density at radius 2 is 1.88 bits per heavy atom. The number of piperazine rings is 1. The number of hydrogen-bond donors (Lipinski definition) is 1. The number of aliphatic imine (C=N–C) groups is 1. The molecule has 1 aromatic heterocycles. The molecule has 2 fully saturated rings. The summed E-state index contributed by atoms with van der Waals surface area (Å²) in [4.78, 5) is 13.6. The highest BCUT2D eigenvalue weighted by Crippen LogP contribution is 2.30. The van der Waals surface area contributed by atoms with Crippen molar-refractivity contribution in [1.82, 2.24) is 9.88 Å². The lowest BCUT2D eigenvalue weighted by atomic mass is 9.81. The Kier molecular flexibility index (Phi) is 8.06. The predicted octanol–water partition coefficient (Wildman–Crippen LogP) is 3.41. The highest BCUT2D eigenvalue weighted by molar-refractivity contribution is 14.0. The van der Waals surface area contributed by atoms with Gasteiger partial charge >= 0.3 is 0 Å². The Labute approximate surface area is 166 Å². The van der Waals surface area contributed by atoms with Gasteiger partial charge in [0.05, 0.1) is 0 Å². The smallest absolute Gasteiger partial charge is 0.191 e. The molecule has 0 amide bonds. The van der Waals surface area contributed by atoms with Gasteiger partial charge in [0, 0.05) is 44.3 Å². The van der Waals surface area contributed by atoms with Crippen LogP contribution in [0, 0.1) is 11.8 Å². The summed E-state index contributed by atoms with van der Waals surface area (Å²) in [5.74, 6) is 2.43. The zero-order chi connectivity index (χ0) is 16.1. The fraction of sp³-hybridized carbons (Fsp3) is 0.765. The third-order valence-corrected chi connectivity index (χ3v) is 6.18. The third-order valence-electron chi connectivity index (χ3n) is 5.35. The fourth-order valence-corrected chi connectivity index (χ4v) is 4.34. The molecule has 136 valence electrons. The minimum absolute atomic E-state index is 0. The van der Waals surface area contributed by atoms with E-state index in [2.05, 4.69) is 21.7 Å². The van der Waals surface area contributed by atoms with E-state index in [1.54, 1.807) is 11.3 Å². The summed E-state index contributed by atoms with van der Waals surface area (Å²) in [5, 5.41) is 3.15. The van der Waals surface area contributed by atoms with E-state index in [-0.39, 0.29) is 24.0 Å². The molecule has 1 aliphatic heterocycles. The fourth-order valence-electron chi connectivity index (χ4n) is 3.64. The van der Waals surface area contributed by atoms with Gasteiger partial charge < -0.3 is 15.5 Å². The van der Waals surface area contributed by atoms with Crippen LogP contribution < -0.4 is 10.6 Å². The van der Waals surface area contributed by atoms with Crippen molar-refractivity contribution < 1.29 is 0 Å². The number of rotatable bonds is 4. The molecule has 0 aromatic carbocycles. The molecule has 7 heteroatoms. The van der Waals surface area contributed by atoms with E-state index < -0.39 is 0 Å². The molecule has 0 unspecified atom stereocenters.